The molecule has 5 nitrogen and oxygen atoms in total. The molecule has 160 valence electrons. The number of anilines is 1. The lowest BCUT2D eigenvalue weighted by Crippen LogP contribution is -2.41. The molecule has 31 heavy (non-hydrogen) atoms. The molecule has 1 saturated heterocycles. The Morgan fingerprint density at radius 2 is 2.13 bits per heavy atom. The number of amides is 1. The summed E-state index contributed by atoms with van der Waals surface area (Å²) in [5.74, 6) is -0.0126. The Morgan fingerprint density at radius 1 is 1.32 bits per heavy atom. The van der Waals surface area contributed by atoms with Gasteiger partial charge in [0.15, 0.2) is 0 Å². The monoisotopic (exact) mass is 459 g/mol. The van der Waals surface area contributed by atoms with Crippen LogP contribution in [0.3, 0.4) is 0 Å². The van der Waals surface area contributed by atoms with Crippen LogP contribution in [0.5, 0.6) is 5.75 Å². The lowest BCUT2D eigenvalue weighted by atomic mass is 9.87. The maximum absolute atomic E-state index is 15.1. The summed E-state index contributed by atoms with van der Waals surface area (Å²) in [6.45, 7) is 4.18. The average molecular weight is 460 g/mol. The number of nitrogens with one attached hydrogen (secondary N) is 1. The van der Waals surface area contributed by atoms with Crippen LogP contribution in [0.1, 0.15) is 12.0 Å². The minimum absolute atomic E-state index is 0.127. The van der Waals surface area contributed by atoms with Gasteiger partial charge in [0.1, 0.15) is 11.6 Å². The fourth-order valence-electron chi connectivity index (χ4n) is 4.12. The summed E-state index contributed by atoms with van der Waals surface area (Å²) >= 11 is 12.7. The van der Waals surface area contributed by atoms with Gasteiger partial charge < -0.3 is 15.0 Å². The first-order chi connectivity index (χ1) is 14.9. The van der Waals surface area contributed by atoms with Gasteiger partial charge in [0.25, 0.3) is 0 Å². The van der Waals surface area contributed by atoms with Crippen molar-refractivity contribution in [2.24, 2.45) is 0 Å². The molecular weight excluding hydrogens is 440 g/mol. The van der Waals surface area contributed by atoms with Crippen molar-refractivity contribution in [3.8, 4) is 5.75 Å². The van der Waals surface area contributed by atoms with Gasteiger partial charge in [-0.25, -0.2) is 4.39 Å². The van der Waals surface area contributed by atoms with Crippen LogP contribution in [0.25, 0.3) is 10.9 Å². The van der Waals surface area contributed by atoms with Crippen molar-refractivity contribution in [2.45, 2.75) is 12.0 Å². The second-order valence-electron chi connectivity index (χ2n) is 7.38. The number of hydrogen-bond donors (Lipinski definition) is 1. The van der Waals surface area contributed by atoms with Crippen molar-refractivity contribution in [3.63, 3.8) is 0 Å². The zero-order chi connectivity index (χ0) is 22.2. The van der Waals surface area contributed by atoms with Crippen molar-refractivity contribution in [1.82, 2.24) is 9.88 Å². The van der Waals surface area contributed by atoms with Crippen molar-refractivity contribution >= 4 is 45.7 Å². The van der Waals surface area contributed by atoms with Crippen LogP contribution in [0.2, 0.25) is 10.0 Å². The van der Waals surface area contributed by atoms with Gasteiger partial charge in [0, 0.05) is 35.9 Å². The number of methoxy groups -OCH3 is 1. The molecule has 0 aliphatic carbocycles. The first-order valence-electron chi connectivity index (χ1n) is 9.65. The van der Waals surface area contributed by atoms with Gasteiger partial charge in [-0.05, 0) is 48.9 Å². The number of hydrogen-bond acceptors (Lipinski definition) is 4. The highest BCUT2D eigenvalue weighted by Crippen LogP contribution is 2.43. The molecule has 1 fully saturated rings. The summed E-state index contributed by atoms with van der Waals surface area (Å²) in [5, 5.41) is 4.65. The lowest BCUT2D eigenvalue weighted by molar-refractivity contribution is -0.125. The van der Waals surface area contributed by atoms with Gasteiger partial charge in [-0.1, -0.05) is 29.8 Å². The number of benzene rings is 2. The predicted molar refractivity (Wildman–Crippen MR) is 121 cm³/mol. The molecule has 1 atom stereocenters. The summed E-state index contributed by atoms with van der Waals surface area (Å²) in [5.41, 5.74) is 0.683. The van der Waals surface area contributed by atoms with Crippen molar-refractivity contribution in [1.29, 1.82) is 0 Å². The third kappa shape index (κ3) is 3.82. The van der Waals surface area contributed by atoms with Crippen LogP contribution in [0.15, 0.2) is 55.3 Å². The van der Waals surface area contributed by atoms with E-state index in [4.69, 9.17) is 27.9 Å². The van der Waals surface area contributed by atoms with Gasteiger partial charge in [-0.2, -0.15) is 0 Å². The van der Waals surface area contributed by atoms with Gasteiger partial charge >= 0.3 is 0 Å². The quantitative estimate of drug-likeness (QED) is 0.409. The Labute approximate surface area is 189 Å². The molecule has 1 aliphatic rings. The standard InChI is InChI=1S/C23H20Cl2FN3O2/c1-3-20(30)29-11-9-23(13-29,21-17(26)7-6-16(24)22(21)25)28-14-4-5-15-18(12-14)27-10-8-19(15)31-2/h3-8,10,12,28H,1,9,11,13H2,2H3/t23-/m1/s1. The van der Waals surface area contributed by atoms with E-state index in [2.05, 4.69) is 16.9 Å². The molecule has 0 unspecified atom stereocenters. The first-order valence-corrected chi connectivity index (χ1v) is 10.4. The van der Waals surface area contributed by atoms with Crippen LogP contribution in [0.4, 0.5) is 10.1 Å². The SMILES string of the molecule is C=CC(=O)N1CC[C@](Nc2ccc3c(OC)ccnc3c2)(c2c(F)ccc(Cl)c2Cl)C1. The van der Waals surface area contributed by atoms with Gasteiger partial charge in [0.05, 0.1) is 28.2 Å². The summed E-state index contributed by atoms with van der Waals surface area (Å²) < 4.78 is 20.4. The largest absolute Gasteiger partial charge is 0.496 e. The van der Waals surface area contributed by atoms with Crippen LogP contribution in [-0.4, -0.2) is 36.0 Å². The summed E-state index contributed by atoms with van der Waals surface area (Å²) in [4.78, 5) is 18.3. The Balaban J connectivity index is 1.82. The van der Waals surface area contributed by atoms with E-state index in [0.717, 1.165) is 5.39 Å². The molecule has 1 N–H and O–H groups in total. The fourth-order valence-corrected chi connectivity index (χ4v) is 4.61. The summed E-state index contributed by atoms with van der Waals surface area (Å²) in [6, 6.07) is 10.1. The zero-order valence-corrected chi connectivity index (χ0v) is 18.3. The first kappa shape index (κ1) is 21.4. The second-order valence-corrected chi connectivity index (χ2v) is 8.17. The predicted octanol–water partition coefficient (Wildman–Crippen LogP) is 5.42. The van der Waals surface area contributed by atoms with Crippen LogP contribution in [0, 0.1) is 5.82 Å². The number of carbonyl (C=O) groups is 1. The Hall–Kier alpha value is -2.83. The summed E-state index contributed by atoms with van der Waals surface area (Å²) in [7, 11) is 1.60. The van der Waals surface area contributed by atoms with E-state index < -0.39 is 11.4 Å². The summed E-state index contributed by atoms with van der Waals surface area (Å²) in [6.07, 6.45) is 3.35. The highest BCUT2D eigenvalue weighted by atomic mass is 35.5. The highest BCUT2D eigenvalue weighted by molar-refractivity contribution is 6.42. The minimum Gasteiger partial charge on any atom is -0.496 e. The molecule has 1 aliphatic heterocycles. The number of fused-ring (bicyclic) bond motifs is 1. The molecule has 0 spiro atoms. The molecule has 2 heterocycles. The van der Waals surface area contributed by atoms with Gasteiger partial charge in [-0.15, -0.1) is 0 Å². The number of carbonyl (C=O) groups excluding carboxylic acids is 1. The molecule has 1 aromatic heterocycles. The van der Waals surface area contributed by atoms with Crippen LogP contribution in [-0.2, 0) is 10.3 Å². The second kappa shape index (κ2) is 8.36. The zero-order valence-electron chi connectivity index (χ0n) is 16.8. The fraction of sp³-hybridized carbons (Fsp3) is 0.217. The molecule has 0 radical (unpaired) electrons. The number of halogens is 3. The number of pyridine rings is 1. The van der Waals surface area contributed by atoms with Gasteiger partial charge in [0.2, 0.25) is 5.91 Å². The topological polar surface area (TPSA) is 54.5 Å². The molecule has 8 heteroatoms. The minimum atomic E-state index is -0.975. The Bertz CT molecular complexity index is 1190. The maximum atomic E-state index is 15.1. The van der Waals surface area contributed by atoms with Crippen LogP contribution < -0.4 is 10.1 Å². The lowest BCUT2D eigenvalue weighted by Gasteiger charge is -2.33. The third-order valence-electron chi connectivity index (χ3n) is 5.58. The van der Waals surface area contributed by atoms with Gasteiger partial charge in [-0.3, -0.25) is 9.78 Å². The van der Waals surface area contributed by atoms with E-state index in [1.807, 2.05) is 18.2 Å². The molecule has 1 amide bonds. The van der Waals surface area contributed by atoms with E-state index in [9.17, 15) is 4.79 Å². The molecule has 0 saturated carbocycles. The number of rotatable bonds is 5. The molecule has 0 bridgehead atoms. The van der Waals surface area contributed by atoms with E-state index in [-0.39, 0.29) is 28.1 Å². The molecule has 4 rings (SSSR count). The molecule has 2 aromatic carbocycles. The smallest absolute Gasteiger partial charge is 0.246 e. The Kier molecular flexibility index (Phi) is 5.77. The number of ether oxygens (including phenoxy) is 1. The Morgan fingerprint density at radius 3 is 2.87 bits per heavy atom. The van der Waals surface area contributed by atoms with E-state index in [1.165, 1.54) is 18.2 Å². The maximum Gasteiger partial charge on any atom is 0.246 e. The van der Waals surface area contributed by atoms with Crippen molar-refractivity contribution in [3.05, 3.63) is 76.7 Å². The van der Waals surface area contributed by atoms with Crippen LogP contribution >= 0.6 is 23.2 Å². The third-order valence-corrected chi connectivity index (χ3v) is 6.39. The number of nitrogens with zero attached hydrogens (tertiary/aromatic N) is 2. The van der Waals surface area contributed by atoms with Crippen molar-refractivity contribution < 1.29 is 13.9 Å². The number of aromatic nitrogens is 1. The average Bonchev–Trinajstić information content (AvgIpc) is 3.19. The molecule has 3 aromatic rings. The normalized spacial score (nSPS) is 18.3. The van der Waals surface area contributed by atoms with E-state index >= 15 is 4.39 Å². The van der Waals surface area contributed by atoms with E-state index in [1.54, 1.807) is 24.3 Å². The van der Waals surface area contributed by atoms with E-state index in [0.29, 0.717) is 29.9 Å². The highest BCUT2D eigenvalue weighted by Gasteiger charge is 2.44. The van der Waals surface area contributed by atoms with Crippen molar-refractivity contribution in [2.75, 3.05) is 25.5 Å². The molecular formula is C23H20Cl2FN3O2. The number of likely N-dealkylation sites (tertiary alicyclic amines) is 1.